The summed E-state index contributed by atoms with van der Waals surface area (Å²) >= 11 is 0. The first kappa shape index (κ1) is 11.8. The van der Waals surface area contributed by atoms with Crippen molar-refractivity contribution < 1.29 is 0 Å². The van der Waals surface area contributed by atoms with Gasteiger partial charge in [-0.15, -0.1) is 0 Å². The lowest BCUT2D eigenvalue weighted by atomic mass is 10.1. The number of imidazole rings is 1. The van der Waals surface area contributed by atoms with Crippen LogP contribution in [0.5, 0.6) is 0 Å². The summed E-state index contributed by atoms with van der Waals surface area (Å²) in [6, 6.07) is 4.16. The molecule has 0 aliphatic heterocycles. The second-order valence-electron chi connectivity index (χ2n) is 3.97. The lowest BCUT2D eigenvalue weighted by molar-refractivity contribution is 0.586. The molecule has 4 nitrogen and oxygen atoms in total. The molecular weight excluding hydrogens is 212 g/mol. The molecule has 2 aromatic rings. The molecule has 2 rings (SSSR count). The van der Waals surface area contributed by atoms with Gasteiger partial charge in [0.25, 0.3) is 0 Å². The maximum absolute atomic E-state index is 4.45. The number of aryl methyl sites for hydroxylation is 2. The van der Waals surface area contributed by atoms with E-state index < -0.39 is 0 Å². The smallest absolute Gasteiger partial charge is 0.130 e. The fourth-order valence-electron chi connectivity index (χ4n) is 2.07. The minimum atomic E-state index is 0.0960. The molecule has 1 N–H and O–H groups in total. The molecule has 0 radical (unpaired) electrons. The van der Waals surface area contributed by atoms with E-state index >= 15 is 0 Å². The molecule has 1 atom stereocenters. The first-order valence-corrected chi connectivity index (χ1v) is 5.87. The zero-order chi connectivity index (χ0) is 12.3. The van der Waals surface area contributed by atoms with Crippen molar-refractivity contribution in [1.29, 1.82) is 0 Å². The van der Waals surface area contributed by atoms with Gasteiger partial charge in [-0.25, -0.2) is 4.98 Å². The molecule has 0 amide bonds. The van der Waals surface area contributed by atoms with E-state index in [2.05, 4.69) is 32.8 Å². The van der Waals surface area contributed by atoms with E-state index in [-0.39, 0.29) is 6.04 Å². The minimum Gasteiger partial charge on any atom is -0.334 e. The molecule has 17 heavy (non-hydrogen) atoms. The van der Waals surface area contributed by atoms with Gasteiger partial charge in [0.1, 0.15) is 5.82 Å². The number of nitrogens with one attached hydrogen (secondary N) is 1. The Balaban J connectivity index is 2.44. The summed E-state index contributed by atoms with van der Waals surface area (Å²) in [6.45, 7) is 5.07. The molecule has 0 saturated heterocycles. The quantitative estimate of drug-likeness (QED) is 0.872. The van der Waals surface area contributed by atoms with Crippen molar-refractivity contribution >= 4 is 0 Å². The molecule has 2 heterocycles. The van der Waals surface area contributed by atoms with E-state index in [0.29, 0.717) is 0 Å². The van der Waals surface area contributed by atoms with Crippen LogP contribution in [0.1, 0.15) is 30.0 Å². The normalized spacial score (nSPS) is 12.6. The third-order valence-electron chi connectivity index (χ3n) is 2.99. The molecule has 0 aliphatic rings. The van der Waals surface area contributed by atoms with Gasteiger partial charge in [0.15, 0.2) is 0 Å². The van der Waals surface area contributed by atoms with Crippen LogP contribution in [-0.4, -0.2) is 21.6 Å². The molecule has 0 aromatic carbocycles. The Hall–Kier alpha value is -1.68. The molecular formula is C13H18N4. The third-order valence-corrected chi connectivity index (χ3v) is 2.99. The lowest BCUT2D eigenvalue weighted by Crippen LogP contribution is -2.23. The molecule has 0 bridgehead atoms. The molecule has 90 valence electrons. The van der Waals surface area contributed by atoms with Gasteiger partial charge in [0.2, 0.25) is 0 Å². The summed E-state index contributed by atoms with van der Waals surface area (Å²) < 4.78 is 2.15. The zero-order valence-electron chi connectivity index (χ0n) is 10.5. The van der Waals surface area contributed by atoms with Gasteiger partial charge in [-0.2, -0.15) is 0 Å². The van der Waals surface area contributed by atoms with Crippen molar-refractivity contribution in [3.63, 3.8) is 0 Å². The average Bonchev–Trinajstić information content (AvgIpc) is 2.81. The third kappa shape index (κ3) is 2.22. The van der Waals surface area contributed by atoms with Gasteiger partial charge in [-0.05, 0) is 32.5 Å². The Labute approximate surface area is 102 Å². The molecule has 0 aliphatic carbocycles. The van der Waals surface area contributed by atoms with Gasteiger partial charge in [-0.1, -0.05) is 6.07 Å². The zero-order valence-corrected chi connectivity index (χ0v) is 10.5. The van der Waals surface area contributed by atoms with Crippen molar-refractivity contribution in [2.75, 3.05) is 7.05 Å². The molecule has 4 heteroatoms. The van der Waals surface area contributed by atoms with Crippen LogP contribution in [-0.2, 0) is 6.54 Å². The highest BCUT2D eigenvalue weighted by atomic mass is 15.1. The van der Waals surface area contributed by atoms with Crippen LogP contribution >= 0.6 is 0 Å². The van der Waals surface area contributed by atoms with E-state index in [1.165, 1.54) is 5.56 Å². The highest BCUT2D eigenvalue weighted by Crippen LogP contribution is 2.22. The fraction of sp³-hybridized carbons (Fsp3) is 0.385. The van der Waals surface area contributed by atoms with E-state index in [1.54, 1.807) is 0 Å². The summed E-state index contributed by atoms with van der Waals surface area (Å²) in [5.74, 6) is 1.03. The van der Waals surface area contributed by atoms with Gasteiger partial charge < -0.3 is 9.88 Å². The number of nitrogens with zero attached hydrogens (tertiary/aromatic N) is 3. The van der Waals surface area contributed by atoms with Crippen LogP contribution < -0.4 is 5.32 Å². The van der Waals surface area contributed by atoms with Crippen molar-refractivity contribution in [1.82, 2.24) is 19.9 Å². The Bertz CT molecular complexity index is 490. The minimum absolute atomic E-state index is 0.0960. The maximum atomic E-state index is 4.45. The van der Waals surface area contributed by atoms with Crippen LogP contribution in [0, 0.1) is 6.92 Å². The maximum Gasteiger partial charge on any atom is 0.130 e. The van der Waals surface area contributed by atoms with Crippen LogP contribution in [0.2, 0.25) is 0 Å². The molecule has 2 aromatic heterocycles. The van der Waals surface area contributed by atoms with Crippen LogP contribution in [0.15, 0.2) is 30.7 Å². The number of hydrogen-bond donors (Lipinski definition) is 1. The summed E-state index contributed by atoms with van der Waals surface area (Å²) in [6.07, 6.45) is 5.66. The van der Waals surface area contributed by atoms with Gasteiger partial charge in [0, 0.05) is 30.8 Å². The topological polar surface area (TPSA) is 42.7 Å². The predicted molar refractivity (Wildman–Crippen MR) is 67.8 cm³/mol. The highest BCUT2D eigenvalue weighted by molar-refractivity contribution is 5.28. The van der Waals surface area contributed by atoms with E-state index in [1.807, 2.05) is 38.6 Å². The largest absolute Gasteiger partial charge is 0.334 e. The SMILES string of the molecule is CCn1ccnc1C(NC)c1cccnc1C. The molecule has 0 spiro atoms. The molecule has 0 fully saturated rings. The number of hydrogen-bond acceptors (Lipinski definition) is 3. The Morgan fingerprint density at radius 3 is 2.82 bits per heavy atom. The average molecular weight is 230 g/mol. The van der Waals surface area contributed by atoms with Crippen LogP contribution in [0.3, 0.4) is 0 Å². The van der Waals surface area contributed by atoms with Crippen LogP contribution in [0.25, 0.3) is 0 Å². The van der Waals surface area contributed by atoms with Gasteiger partial charge in [-0.3, -0.25) is 4.98 Å². The highest BCUT2D eigenvalue weighted by Gasteiger charge is 2.18. The molecule has 0 saturated carbocycles. The standard InChI is InChI=1S/C13H18N4/c1-4-17-9-8-16-13(17)12(14-3)11-6-5-7-15-10(11)2/h5-9,12,14H,4H2,1-3H3. The van der Waals surface area contributed by atoms with E-state index in [9.17, 15) is 0 Å². The van der Waals surface area contributed by atoms with Gasteiger partial charge >= 0.3 is 0 Å². The second-order valence-corrected chi connectivity index (χ2v) is 3.97. The summed E-state index contributed by atoms with van der Waals surface area (Å²) in [5.41, 5.74) is 2.22. The first-order chi connectivity index (χ1) is 8.27. The van der Waals surface area contributed by atoms with Gasteiger partial charge in [0.05, 0.1) is 6.04 Å². The molecule has 1 unspecified atom stereocenters. The van der Waals surface area contributed by atoms with E-state index in [4.69, 9.17) is 0 Å². The Morgan fingerprint density at radius 1 is 1.35 bits per heavy atom. The second kappa shape index (κ2) is 5.10. The predicted octanol–water partition coefficient (Wildman–Crippen LogP) is 1.92. The first-order valence-electron chi connectivity index (χ1n) is 5.87. The van der Waals surface area contributed by atoms with Crippen molar-refractivity contribution in [2.45, 2.75) is 26.4 Å². The summed E-state index contributed by atoms with van der Waals surface area (Å²) in [7, 11) is 1.95. The van der Waals surface area contributed by atoms with Crippen LogP contribution in [0.4, 0.5) is 0 Å². The summed E-state index contributed by atoms with van der Waals surface area (Å²) in [5, 5.41) is 3.31. The number of pyridine rings is 1. The Kier molecular flexibility index (Phi) is 3.54. The van der Waals surface area contributed by atoms with Crippen molar-refractivity contribution in [3.8, 4) is 0 Å². The summed E-state index contributed by atoms with van der Waals surface area (Å²) in [4.78, 5) is 8.78. The van der Waals surface area contributed by atoms with Crippen molar-refractivity contribution in [2.24, 2.45) is 0 Å². The fourth-order valence-corrected chi connectivity index (χ4v) is 2.07. The number of aromatic nitrogens is 3. The monoisotopic (exact) mass is 230 g/mol. The van der Waals surface area contributed by atoms with Crippen molar-refractivity contribution in [3.05, 3.63) is 47.8 Å². The van der Waals surface area contributed by atoms with E-state index in [0.717, 1.165) is 18.1 Å². The number of rotatable bonds is 4. The Morgan fingerprint density at radius 2 is 2.18 bits per heavy atom. The lowest BCUT2D eigenvalue weighted by Gasteiger charge is -2.18.